The number of ether oxygens (including phenoxy) is 1. The molecule has 5 aromatic rings. The van der Waals surface area contributed by atoms with Crippen molar-refractivity contribution in [2.24, 2.45) is 0 Å². The van der Waals surface area contributed by atoms with Crippen molar-refractivity contribution in [3.05, 3.63) is 164 Å². The number of carbonyl (C=O) groups excluding carboxylic acids is 4. The first-order valence-corrected chi connectivity index (χ1v) is 22.4. The van der Waals surface area contributed by atoms with Gasteiger partial charge in [0.25, 0.3) is 17.7 Å². The lowest BCUT2D eigenvalue weighted by atomic mass is 9.67. The van der Waals surface area contributed by atoms with E-state index in [1.54, 1.807) is 29.2 Å². The zero-order valence-corrected chi connectivity index (χ0v) is 38.4. The molecule has 1 heterocycles. The van der Waals surface area contributed by atoms with Crippen LogP contribution in [0.4, 0.5) is 16.2 Å². The highest BCUT2D eigenvalue weighted by molar-refractivity contribution is 6.07. The van der Waals surface area contributed by atoms with Gasteiger partial charge in [-0.3, -0.25) is 14.4 Å². The molecule has 1 saturated heterocycles. The number of nitrogens with one attached hydrogen (secondary N) is 3. The third-order valence-corrected chi connectivity index (χ3v) is 12.4. The van der Waals surface area contributed by atoms with E-state index in [1.165, 1.54) is 0 Å². The molecule has 0 atom stereocenters. The molecule has 1 aliphatic heterocycles. The lowest BCUT2D eigenvalue weighted by Crippen LogP contribution is -2.46. The van der Waals surface area contributed by atoms with Gasteiger partial charge in [0.05, 0.1) is 0 Å². The van der Waals surface area contributed by atoms with Crippen molar-refractivity contribution in [3.8, 4) is 0 Å². The maximum Gasteiger partial charge on any atom is 0.410 e. The second kappa shape index (κ2) is 20.3. The molecule has 9 heteroatoms. The van der Waals surface area contributed by atoms with Gasteiger partial charge in [0.1, 0.15) is 6.61 Å². The fourth-order valence-electron chi connectivity index (χ4n) is 8.65. The van der Waals surface area contributed by atoms with Crippen LogP contribution in [0, 0.1) is 27.7 Å². The van der Waals surface area contributed by atoms with Crippen LogP contribution in [0.15, 0.2) is 103 Å². The average molecular weight is 849 g/mol. The Bertz CT molecular complexity index is 2380. The Kier molecular flexibility index (Phi) is 14.9. The molecule has 1 aliphatic rings. The quantitative estimate of drug-likeness (QED) is 0.0962. The average Bonchev–Trinajstić information content (AvgIpc) is 3.27. The van der Waals surface area contributed by atoms with E-state index in [0.717, 1.165) is 75.9 Å². The Balaban J connectivity index is 1.26. The smallest absolute Gasteiger partial charge is 0.410 e. The third-order valence-electron chi connectivity index (χ3n) is 12.4. The van der Waals surface area contributed by atoms with Crippen molar-refractivity contribution in [2.75, 3.05) is 30.3 Å². The van der Waals surface area contributed by atoms with Crippen LogP contribution in [-0.2, 0) is 22.2 Å². The first-order valence-electron chi connectivity index (χ1n) is 22.4. The number of piperidine rings is 1. The van der Waals surface area contributed by atoms with E-state index in [1.807, 2.05) is 82.3 Å². The normalized spacial score (nSPS) is 13.6. The molecule has 63 heavy (non-hydrogen) atoms. The molecule has 330 valence electrons. The fraction of sp³-hybridized carbons (Fsp3) is 0.370. The number of hydrogen-bond donors (Lipinski definition) is 3. The van der Waals surface area contributed by atoms with Crippen molar-refractivity contribution in [2.45, 2.75) is 111 Å². The molecule has 9 nitrogen and oxygen atoms in total. The molecule has 1 fully saturated rings. The summed E-state index contributed by atoms with van der Waals surface area (Å²) in [6, 6.07) is 32.9. The number of carbonyl (C=O) groups is 4. The second-order valence-electron chi connectivity index (χ2n) is 18.2. The molecular weight excluding hydrogens is 785 g/mol. The lowest BCUT2D eigenvalue weighted by Gasteiger charge is -2.43. The summed E-state index contributed by atoms with van der Waals surface area (Å²) in [5, 5.41) is 9.32. The van der Waals surface area contributed by atoms with Gasteiger partial charge in [-0.1, -0.05) is 120 Å². The molecule has 3 N–H and O–H groups in total. The third kappa shape index (κ3) is 11.2. The molecule has 4 amide bonds. The highest BCUT2D eigenvalue weighted by atomic mass is 16.6. The minimum Gasteiger partial charge on any atom is -0.445 e. The first kappa shape index (κ1) is 46.3. The molecular formula is C54H64N4O5. The van der Waals surface area contributed by atoms with Crippen molar-refractivity contribution in [1.29, 1.82) is 0 Å². The van der Waals surface area contributed by atoms with E-state index >= 15 is 0 Å². The maximum absolute atomic E-state index is 13.7. The molecule has 0 unspecified atom stereocenters. The number of rotatable bonds is 14. The van der Waals surface area contributed by atoms with Gasteiger partial charge < -0.3 is 25.6 Å². The summed E-state index contributed by atoms with van der Waals surface area (Å²) in [6.45, 7) is 18.4. The largest absolute Gasteiger partial charge is 0.445 e. The first-order chi connectivity index (χ1) is 30.1. The van der Waals surface area contributed by atoms with E-state index in [4.69, 9.17) is 4.74 Å². The highest BCUT2D eigenvalue weighted by Gasteiger charge is 2.40. The van der Waals surface area contributed by atoms with E-state index in [2.05, 4.69) is 67.9 Å². The van der Waals surface area contributed by atoms with Gasteiger partial charge in [-0.25, -0.2) is 4.79 Å². The summed E-state index contributed by atoms with van der Waals surface area (Å²) in [6.07, 6.45) is 5.19. The highest BCUT2D eigenvalue weighted by Crippen LogP contribution is 2.45. The Hall–Kier alpha value is -6.22. The lowest BCUT2D eigenvalue weighted by molar-refractivity contribution is 0.0812. The van der Waals surface area contributed by atoms with Crippen molar-refractivity contribution >= 4 is 35.2 Å². The molecule has 0 aromatic heterocycles. The molecule has 0 bridgehead atoms. The minimum absolute atomic E-state index is 0.0160. The maximum atomic E-state index is 13.7. The summed E-state index contributed by atoms with van der Waals surface area (Å²) < 4.78 is 5.76. The van der Waals surface area contributed by atoms with Crippen LogP contribution in [0.1, 0.15) is 142 Å². The molecule has 0 radical (unpaired) electrons. The zero-order chi connectivity index (χ0) is 45.3. The monoisotopic (exact) mass is 848 g/mol. The molecule has 0 saturated carbocycles. The number of unbranched alkanes of at least 4 members (excludes halogenated alkanes) is 3. The molecule has 6 rings (SSSR count). The van der Waals surface area contributed by atoms with E-state index in [-0.39, 0.29) is 35.8 Å². The van der Waals surface area contributed by atoms with Gasteiger partial charge in [0.2, 0.25) is 0 Å². The predicted octanol–water partition coefficient (Wildman–Crippen LogP) is 11.8. The number of amides is 4. The van der Waals surface area contributed by atoms with Crippen LogP contribution in [0.5, 0.6) is 0 Å². The van der Waals surface area contributed by atoms with Gasteiger partial charge in [-0.15, -0.1) is 0 Å². The van der Waals surface area contributed by atoms with Crippen LogP contribution in [0.25, 0.3) is 0 Å². The number of hydrogen-bond acceptors (Lipinski definition) is 5. The zero-order valence-electron chi connectivity index (χ0n) is 38.4. The summed E-state index contributed by atoms with van der Waals surface area (Å²) >= 11 is 0. The van der Waals surface area contributed by atoms with E-state index in [9.17, 15) is 19.2 Å². The van der Waals surface area contributed by atoms with E-state index < -0.39 is 5.41 Å². The number of anilines is 2. The van der Waals surface area contributed by atoms with Crippen LogP contribution < -0.4 is 16.0 Å². The van der Waals surface area contributed by atoms with Gasteiger partial charge in [-0.05, 0) is 127 Å². The Morgan fingerprint density at radius 3 is 1.67 bits per heavy atom. The number of aryl methyl sites for hydroxylation is 4. The Morgan fingerprint density at radius 1 is 0.619 bits per heavy atom. The van der Waals surface area contributed by atoms with Crippen molar-refractivity contribution in [3.63, 3.8) is 0 Å². The van der Waals surface area contributed by atoms with Crippen LogP contribution in [-0.4, -0.2) is 48.3 Å². The number of likely N-dealkylation sites (tertiary alicyclic amines) is 1. The van der Waals surface area contributed by atoms with Crippen LogP contribution in [0.3, 0.4) is 0 Å². The topological polar surface area (TPSA) is 117 Å². The van der Waals surface area contributed by atoms with Gasteiger partial charge in [0, 0.05) is 53.1 Å². The van der Waals surface area contributed by atoms with Crippen molar-refractivity contribution in [1.82, 2.24) is 10.2 Å². The SMILES string of the molecule is CCCCCCNC(=O)c1cccc(C(=O)Nc2c(C)cc(C3(c4cc(C)c(NC(=O)c5ccc(C(C)(C)C)cc5)c(C)c4)CCN(C(=O)OCc4ccccc4)CC3)cc2C)c1. The summed E-state index contributed by atoms with van der Waals surface area (Å²) in [4.78, 5) is 55.4. The minimum atomic E-state index is -0.493. The fourth-order valence-corrected chi connectivity index (χ4v) is 8.65. The second-order valence-corrected chi connectivity index (χ2v) is 18.2. The van der Waals surface area contributed by atoms with E-state index in [0.29, 0.717) is 54.9 Å². The standard InChI is InChI=1S/C54H64N4O5/c1-9-10-11-15-27-55-49(59)42-19-16-20-43(34-42)51(61)57-48-38(4)32-46(33-39(48)5)54(25-28-58(29-26-54)52(62)63-35-40-17-13-12-14-18-40)45-30-36(2)47(37(3)31-45)56-50(60)41-21-23-44(24-22-41)53(6,7)8/h12-14,16-24,30-34H,9-11,15,25-29,35H2,1-8H3,(H,55,59)(H,56,60)(H,57,61). The predicted molar refractivity (Wildman–Crippen MR) is 254 cm³/mol. The number of benzene rings is 5. The molecule has 0 aliphatic carbocycles. The van der Waals surface area contributed by atoms with Gasteiger partial charge >= 0.3 is 6.09 Å². The Morgan fingerprint density at radius 2 is 1.14 bits per heavy atom. The van der Waals surface area contributed by atoms with Crippen LogP contribution in [0.2, 0.25) is 0 Å². The summed E-state index contributed by atoms with van der Waals surface area (Å²) in [7, 11) is 0. The molecule has 5 aromatic carbocycles. The van der Waals surface area contributed by atoms with Gasteiger partial charge in [-0.2, -0.15) is 0 Å². The number of nitrogens with zero attached hydrogens (tertiary/aromatic N) is 1. The Labute approximate surface area is 374 Å². The van der Waals surface area contributed by atoms with Gasteiger partial charge in [0.15, 0.2) is 0 Å². The van der Waals surface area contributed by atoms with Crippen molar-refractivity contribution < 1.29 is 23.9 Å². The summed E-state index contributed by atoms with van der Waals surface area (Å²) in [5.74, 6) is -0.647. The van der Waals surface area contributed by atoms with Crippen LogP contribution >= 0.6 is 0 Å². The summed E-state index contributed by atoms with van der Waals surface area (Å²) in [5.41, 5.74) is 10.4. The molecule has 0 spiro atoms.